The molecular weight excluding hydrogens is 360 g/mol. The molecule has 1 saturated carbocycles. The minimum absolute atomic E-state index is 0.0475. The lowest BCUT2D eigenvalue weighted by Crippen LogP contribution is -2.41. The molecule has 2 N–H and O–H groups in total. The van der Waals surface area contributed by atoms with Gasteiger partial charge in [0.15, 0.2) is 0 Å². The van der Waals surface area contributed by atoms with Gasteiger partial charge in [0.2, 0.25) is 11.8 Å². The second-order valence-corrected chi connectivity index (χ2v) is 7.70. The van der Waals surface area contributed by atoms with Crippen molar-refractivity contribution in [3.8, 4) is 5.88 Å². The molecule has 28 heavy (non-hydrogen) atoms. The topological polar surface area (TPSA) is 92.8 Å². The molecular formula is C20H28N4O4. The second-order valence-electron chi connectivity index (χ2n) is 7.70. The third-order valence-electron chi connectivity index (χ3n) is 5.80. The lowest BCUT2D eigenvalue weighted by atomic mass is 10.1. The molecule has 1 aliphatic carbocycles. The fourth-order valence-electron chi connectivity index (χ4n) is 4.31. The van der Waals surface area contributed by atoms with Crippen molar-refractivity contribution >= 4 is 11.8 Å². The molecule has 4 rings (SSSR count). The molecule has 0 bridgehead atoms. The number of methoxy groups -OCH3 is 1. The van der Waals surface area contributed by atoms with Gasteiger partial charge in [-0.05, 0) is 18.9 Å². The quantitative estimate of drug-likeness (QED) is 0.755. The Balaban J connectivity index is 1.42. The van der Waals surface area contributed by atoms with Gasteiger partial charge in [0, 0.05) is 31.2 Å². The molecule has 3 heterocycles. The van der Waals surface area contributed by atoms with Crippen LogP contribution in [-0.4, -0.2) is 60.7 Å². The molecule has 3 aliphatic rings. The number of morpholine rings is 1. The van der Waals surface area contributed by atoms with Crippen LogP contribution in [-0.2, 0) is 22.6 Å². The van der Waals surface area contributed by atoms with Crippen LogP contribution in [0.3, 0.4) is 0 Å². The molecule has 2 amide bonds. The normalized spacial score (nSPS) is 22.4. The number of carbonyl (C=O) groups excluding carboxylic acids is 2. The van der Waals surface area contributed by atoms with Crippen molar-refractivity contribution in [2.45, 2.75) is 57.3 Å². The van der Waals surface area contributed by atoms with Gasteiger partial charge >= 0.3 is 0 Å². The Hall–Kier alpha value is -2.19. The average molecular weight is 388 g/mol. The summed E-state index contributed by atoms with van der Waals surface area (Å²) in [6.45, 7) is 2.96. The Kier molecular flexibility index (Phi) is 5.77. The molecule has 2 fully saturated rings. The first-order valence-corrected chi connectivity index (χ1v) is 10.1. The monoisotopic (exact) mass is 388 g/mol. The zero-order chi connectivity index (χ0) is 19.5. The number of fused-ring (bicyclic) bond motifs is 1. The third-order valence-corrected chi connectivity index (χ3v) is 5.80. The summed E-state index contributed by atoms with van der Waals surface area (Å²) < 4.78 is 11.0. The first kappa shape index (κ1) is 19.1. The predicted octanol–water partition coefficient (Wildman–Crippen LogP) is 0.983. The van der Waals surface area contributed by atoms with Crippen LogP contribution >= 0.6 is 0 Å². The standard InChI is InChI=1S/C20H28N4O4/c1-27-19-13(10-22-18(25)9-15-11-21-6-7-28-15)8-16-17(23-19)12-24(20(16)26)14-4-2-3-5-14/h8,14-15,21H,2-7,9-12H2,1H3,(H,22,25)/t15-/m0/s1. The highest BCUT2D eigenvalue weighted by molar-refractivity contribution is 5.98. The average Bonchev–Trinajstić information content (AvgIpc) is 3.34. The number of aromatic nitrogens is 1. The number of rotatable bonds is 6. The Bertz CT molecular complexity index is 742. The number of ether oxygens (including phenoxy) is 2. The summed E-state index contributed by atoms with van der Waals surface area (Å²) in [5, 5.41) is 6.12. The molecule has 0 spiro atoms. The Morgan fingerprint density at radius 2 is 2.25 bits per heavy atom. The van der Waals surface area contributed by atoms with Gasteiger partial charge in [-0.2, -0.15) is 0 Å². The van der Waals surface area contributed by atoms with E-state index < -0.39 is 0 Å². The molecule has 1 aromatic rings. The van der Waals surface area contributed by atoms with Crippen molar-refractivity contribution in [2.24, 2.45) is 0 Å². The van der Waals surface area contributed by atoms with E-state index in [1.165, 1.54) is 12.8 Å². The summed E-state index contributed by atoms with van der Waals surface area (Å²) in [6, 6.07) is 2.15. The fraction of sp³-hybridized carbons (Fsp3) is 0.650. The third kappa shape index (κ3) is 3.98. The summed E-state index contributed by atoms with van der Waals surface area (Å²) in [5.74, 6) is 0.428. The van der Waals surface area contributed by atoms with Crippen LogP contribution < -0.4 is 15.4 Å². The minimum atomic E-state index is -0.102. The lowest BCUT2D eigenvalue weighted by molar-refractivity contribution is -0.124. The zero-order valence-corrected chi connectivity index (χ0v) is 16.3. The van der Waals surface area contributed by atoms with Gasteiger partial charge in [-0.15, -0.1) is 0 Å². The van der Waals surface area contributed by atoms with Gasteiger partial charge in [0.25, 0.3) is 5.91 Å². The van der Waals surface area contributed by atoms with Gasteiger partial charge in [-0.3, -0.25) is 9.59 Å². The van der Waals surface area contributed by atoms with E-state index in [1.807, 2.05) is 11.0 Å². The van der Waals surface area contributed by atoms with Crippen molar-refractivity contribution in [3.05, 3.63) is 22.9 Å². The van der Waals surface area contributed by atoms with Crippen LogP contribution in [0.5, 0.6) is 5.88 Å². The maximum absolute atomic E-state index is 12.9. The highest BCUT2D eigenvalue weighted by atomic mass is 16.5. The van der Waals surface area contributed by atoms with Gasteiger partial charge in [-0.25, -0.2) is 4.98 Å². The highest BCUT2D eigenvalue weighted by Gasteiger charge is 2.36. The molecule has 0 aromatic carbocycles. The van der Waals surface area contributed by atoms with E-state index >= 15 is 0 Å². The summed E-state index contributed by atoms with van der Waals surface area (Å²) in [6.07, 6.45) is 4.70. The number of amides is 2. The Morgan fingerprint density at radius 1 is 1.43 bits per heavy atom. The number of nitrogens with zero attached hydrogens (tertiary/aromatic N) is 2. The van der Waals surface area contributed by atoms with Crippen molar-refractivity contribution in [3.63, 3.8) is 0 Å². The molecule has 8 nitrogen and oxygen atoms in total. The number of nitrogens with one attached hydrogen (secondary N) is 2. The maximum atomic E-state index is 12.9. The van der Waals surface area contributed by atoms with Crippen molar-refractivity contribution < 1.29 is 19.1 Å². The van der Waals surface area contributed by atoms with E-state index in [9.17, 15) is 9.59 Å². The van der Waals surface area contributed by atoms with E-state index in [1.54, 1.807) is 7.11 Å². The van der Waals surface area contributed by atoms with Crippen molar-refractivity contribution in [2.75, 3.05) is 26.8 Å². The summed E-state index contributed by atoms with van der Waals surface area (Å²) in [5.41, 5.74) is 2.13. The minimum Gasteiger partial charge on any atom is -0.481 e. The van der Waals surface area contributed by atoms with Crippen molar-refractivity contribution in [1.82, 2.24) is 20.5 Å². The number of hydrogen-bond donors (Lipinski definition) is 2. The van der Waals surface area contributed by atoms with Gasteiger partial charge in [0.05, 0.1) is 44.0 Å². The predicted molar refractivity (Wildman–Crippen MR) is 102 cm³/mol. The van der Waals surface area contributed by atoms with Gasteiger partial charge < -0.3 is 25.0 Å². The van der Waals surface area contributed by atoms with E-state index in [-0.39, 0.29) is 24.5 Å². The largest absolute Gasteiger partial charge is 0.481 e. The number of pyridine rings is 1. The van der Waals surface area contributed by atoms with Crippen LogP contribution in [0.25, 0.3) is 0 Å². The van der Waals surface area contributed by atoms with Crippen LogP contribution in [0.4, 0.5) is 0 Å². The van der Waals surface area contributed by atoms with Crippen LogP contribution in [0.1, 0.15) is 53.7 Å². The number of hydrogen-bond acceptors (Lipinski definition) is 6. The first-order valence-electron chi connectivity index (χ1n) is 10.1. The van der Waals surface area contributed by atoms with E-state index in [0.717, 1.165) is 30.6 Å². The number of carbonyl (C=O) groups is 2. The molecule has 8 heteroatoms. The van der Waals surface area contributed by atoms with Gasteiger partial charge in [-0.1, -0.05) is 12.8 Å². The first-order chi connectivity index (χ1) is 13.7. The second kappa shape index (κ2) is 8.45. The summed E-state index contributed by atoms with van der Waals surface area (Å²) in [4.78, 5) is 31.6. The lowest BCUT2D eigenvalue weighted by Gasteiger charge is -2.23. The molecule has 1 atom stereocenters. The molecule has 0 unspecified atom stereocenters. The molecule has 1 aromatic heterocycles. The zero-order valence-electron chi connectivity index (χ0n) is 16.3. The molecule has 2 aliphatic heterocycles. The van der Waals surface area contributed by atoms with Crippen LogP contribution in [0.2, 0.25) is 0 Å². The highest BCUT2D eigenvalue weighted by Crippen LogP contribution is 2.33. The summed E-state index contributed by atoms with van der Waals surface area (Å²) in [7, 11) is 1.56. The molecule has 1 saturated heterocycles. The fourth-order valence-corrected chi connectivity index (χ4v) is 4.31. The van der Waals surface area contributed by atoms with Crippen LogP contribution in [0, 0.1) is 0 Å². The molecule has 0 radical (unpaired) electrons. The SMILES string of the molecule is COc1nc2c(cc1CNC(=O)C[C@H]1CNCCO1)C(=O)N(C1CCCC1)C2. The van der Waals surface area contributed by atoms with Crippen molar-refractivity contribution in [1.29, 1.82) is 0 Å². The summed E-state index contributed by atoms with van der Waals surface area (Å²) >= 11 is 0. The van der Waals surface area contributed by atoms with E-state index in [4.69, 9.17) is 9.47 Å². The van der Waals surface area contributed by atoms with Gasteiger partial charge in [0.1, 0.15) is 0 Å². The smallest absolute Gasteiger partial charge is 0.256 e. The molecule has 152 valence electrons. The van der Waals surface area contributed by atoms with E-state index in [2.05, 4.69) is 15.6 Å². The Morgan fingerprint density at radius 3 is 2.96 bits per heavy atom. The van der Waals surface area contributed by atoms with Crippen LogP contribution in [0.15, 0.2) is 6.07 Å². The maximum Gasteiger partial charge on any atom is 0.256 e. The Labute approximate surface area is 165 Å². The van der Waals surface area contributed by atoms with E-state index in [0.29, 0.717) is 43.6 Å².